The molecule has 0 bridgehead atoms. The number of anilines is 1. The van der Waals surface area contributed by atoms with Crippen LogP contribution in [-0.2, 0) is 9.53 Å². The van der Waals surface area contributed by atoms with Crippen LogP contribution in [0.5, 0.6) is 0 Å². The van der Waals surface area contributed by atoms with Crippen molar-refractivity contribution in [1.82, 2.24) is 10.5 Å². The predicted octanol–water partition coefficient (Wildman–Crippen LogP) is 0.690. The molecule has 0 aromatic carbocycles. The summed E-state index contributed by atoms with van der Waals surface area (Å²) in [6.45, 7) is 3.74. The van der Waals surface area contributed by atoms with Crippen LogP contribution in [0.2, 0.25) is 0 Å². The van der Waals surface area contributed by atoms with Crippen molar-refractivity contribution in [3.8, 4) is 0 Å². The summed E-state index contributed by atoms with van der Waals surface area (Å²) >= 11 is 0. The highest BCUT2D eigenvalue weighted by atomic mass is 16.5. The minimum absolute atomic E-state index is 0.0660. The number of carbonyl (C=O) groups excluding carboxylic acids is 1. The van der Waals surface area contributed by atoms with Crippen LogP contribution in [0.4, 0.5) is 5.82 Å². The predicted molar refractivity (Wildman–Crippen MR) is 61.7 cm³/mol. The van der Waals surface area contributed by atoms with E-state index in [-0.39, 0.29) is 18.6 Å². The van der Waals surface area contributed by atoms with E-state index in [1.807, 2.05) is 0 Å². The van der Waals surface area contributed by atoms with E-state index in [9.17, 15) is 4.79 Å². The maximum Gasteiger partial charge on any atom is 0.251 e. The second-order valence-electron chi connectivity index (χ2n) is 4.13. The average Bonchev–Trinajstić information content (AvgIpc) is 2.73. The van der Waals surface area contributed by atoms with Crippen molar-refractivity contribution < 1.29 is 14.1 Å². The molecule has 2 N–H and O–H groups in total. The number of hydrogen-bond donors (Lipinski definition) is 2. The molecular formula is C11H17N3O3. The van der Waals surface area contributed by atoms with Crippen LogP contribution in [0.15, 0.2) is 10.6 Å². The minimum atomic E-state index is -0.197. The molecule has 6 heteroatoms. The summed E-state index contributed by atoms with van der Waals surface area (Å²) in [5.74, 6) is 0.901. The Kier molecular flexibility index (Phi) is 4.11. The number of carbonyl (C=O) groups is 1. The van der Waals surface area contributed by atoms with Crippen LogP contribution in [-0.4, -0.2) is 36.9 Å². The molecule has 0 unspecified atom stereocenters. The van der Waals surface area contributed by atoms with E-state index in [0.29, 0.717) is 11.6 Å². The monoisotopic (exact) mass is 239 g/mol. The van der Waals surface area contributed by atoms with Gasteiger partial charge in [-0.2, -0.15) is 0 Å². The van der Waals surface area contributed by atoms with Crippen LogP contribution in [0, 0.1) is 6.92 Å². The van der Waals surface area contributed by atoms with Gasteiger partial charge >= 0.3 is 0 Å². The van der Waals surface area contributed by atoms with Crippen molar-refractivity contribution >= 4 is 11.7 Å². The minimum Gasteiger partial charge on any atom is -0.368 e. The van der Waals surface area contributed by atoms with Gasteiger partial charge in [0.05, 0.1) is 6.10 Å². The largest absolute Gasteiger partial charge is 0.368 e. The molecule has 17 heavy (non-hydrogen) atoms. The fourth-order valence-corrected chi connectivity index (χ4v) is 1.76. The first kappa shape index (κ1) is 12.1. The number of aromatic nitrogens is 1. The van der Waals surface area contributed by atoms with Crippen molar-refractivity contribution in [3.63, 3.8) is 0 Å². The van der Waals surface area contributed by atoms with Crippen LogP contribution in [0.1, 0.15) is 18.6 Å². The number of amides is 1. The smallest absolute Gasteiger partial charge is 0.251 e. The van der Waals surface area contributed by atoms with Gasteiger partial charge in [-0.3, -0.25) is 4.79 Å². The lowest BCUT2D eigenvalue weighted by Gasteiger charge is -2.22. The highest BCUT2D eigenvalue weighted by molar-refractivity contribution is 5.90. The molecule has 94 valence electrons. The molecule has 0 aliphatic carbocycles. The van der Waals surface area contributed by atoms with Crippen molar-refractivity contribution in [2.45, 2.75) is 25.9 Å². The summed E-state index contributed by atoms with van der Waals surface area (Å²) in [7, 11) is 0. The van der Waals surface area contributed by atoms with Crippen LogP contribution in [0.3, 0.4) is 0 Å². The van der Waals surface area contributed by atoms with Gasteiger partial charge in [-0.1, -0.05) is 5.16 Å². The lowest BCUT2D eigenvalue weighted by molar-refractivity contribution is -0.123. The third-order valence-corrected chi connectivity index (χ3v) is 2.63. The van der Waals surface area contributed by atoms with Gasteiger partial charge in [0.25, 0.3) is 5.91 Å². The van der Waals surface area contributed by atoms with Crippen molar-refractivity contribution in [2.24, 2.45) is 0 Å². The third kappa shape index (κ3) is 3.83. The molecule has 2 rings (SSSR count). The van der Waals surface area contributed by atoms with E-state index in [0.717, 1.165) is 25.9 Å². The molecule has 2 heterocycles. The van der Waals surface area contributed by atoms with Gasteiger partial charge in [0, 0.05) is 6.07 Å². The van der Waals surface area contributed by atoms with Crippen molar-refractivity contribution in [2.75, 3.05) is 25.0 Å². The maximum absolute atomic E-state index is 11.5. The maximum atomic E-state index is 11.5. The number of aryl methyl sites for hydroxylation is 1. The molecule has 1 amide bonds. The van der Waals surface area contributed by atoms with Crippen LogP contribution in [0.25, 0.3) is 0 Å². The Morgan fingerprint density at radius 3 is 3.06 bits per heavy atom. The second-order valence-corrected chi connectivity index (χ2v) is 4.13. The Morgan fingerprint density at radius 1 is 1.65 bits per heavy atom. The molecule has 1 aromatic heterocycles. The standard InChI is InChI=1S/C11H17N3O3/c1-8-6-10(14-17-8)13-11(15)7-16-9-2-4-12-5-3-9/h6,9,12H,2-5,7H2,1H3,(H,13,14,15). The zero-order chi connectivity index (χ0) is 12.1. The quantitative estimate of drug-likeness (QED) is 0.808. The Labute approximate surface area is 99.7 Å². The first-order chi connectivity index (χ1) is 8.24. The molecule has 0 spiro atoms. The summed E-state index contributed by atoms with van der Waals surface area (Å²) in [5.41, 5.74) is 0. The molecule has 6 nitrogen and oxygen atoms in total. The van der Waals surface area contributed by atoms with Crippen molar-refractivity contribution in [1.29, 1.82) is 0 Å². The third-order valence-electron chi connectivity index (χ3n) is 2.63. The van der Waals surface area contributed by atoms with Crippen LogP contribution < -0.4 is 10.6 Å². The number of hydrogen-bond acceptors (Lipinski definition) is 5. The number of nitrogens with zero attached hydrogens (tertiary/aromatic N) is 1. The van der Waals surface area contributed by atoms with Gasteiger partial charge in [-0.05, 0) is 32.9 Å². The van der Waals surface area contributed by atoms with Gasteiger partial charge in [-0.15, -0.1) is 0 Å². The number of ether oxygens (including phenoxy) is 1. The fourth-order valence-electron chi connectivity index (χ4n) is 1.76. The summed E-state index contributed by atoms with van der Waals surface area (Å²) in [6, 6.07) is 1.67. The first-order valence-corrected chi connectivity index (χ1v) is 5.79. The van der Waals surface area contributed by atoms with E-state index in [2.05, 4.69) is 15.8 Å². The Balaban J connectivity index is 1.70. The Hall–Kier alpha value is -1.40. The normalized spacial score (nSPS) is 17.0. The van der Waals surface area contributed by atoms with Crippen LogP contribution >= 0.6 is 0 Å². The Morgan fingerprint density at radius 2 is 2.41 bits per heavy atom. The Bertz CT molecular complexity index is 372. The van der Waals surface area contributed by atoms with E-state index in [1.54, 1.807) is 13.0 Å². The summed E-state index contributed by atoms with van der Waals surface area (Å²) < 4.78 is 10.4. The highest BCUT2D eigenvalue weighted by Crippen LogP contribution is 2.09. The van der Waals surface area contributed by atoms with E-state index in [4.69, 9.17) is 9.26 Å². The molecular weight excluding hydrogens is 222 g/mol. The van der Waals surface area contributed by atoms with E-state index >= 15 is 0 Å². The highest BCUT2D eigenvalue weighted by Gasteiger charge is 2.15. The lowest BCUT2D eigenvalue weighted by Crippen LogP contribution is -2.34. The van der Waals surface area contributed by atoms with Gasteiger partial charge in [0.15, 0.2) is 5.82 Å². The molecule has 0 atom stereocenters. The lowest BCUT2D eigenvalue weighted by atomic mass is 10.1. The van der Waals surface area contributed by atoms with Gasteiger partial charge in [0.2, 0.25) is 0 Å². The first-order valence-electron chi connectivity index (χ1n) is 5.79. The zero-order valence-corrected chi connectivity index (χ0v) is 9.86. The molecule has 0 radical (unpaired) electrons. The topological polar surface area (TPSA) is 76.4 Å². The second kappa shape index (κ2) is 5.79. The molecule has 1 aromatic rings. The molecule has 1 fully saturated rings. The fraction of sp³-hybridized carbons (Fsp3) is 0.636. The number of rotatable bonds is 4. The van der Waals surface area contributed by atoms with Gasteiger partial charge in [0.1, 0.15) is 12.4 Å². The SMILES string of the molecule is Cc1cc(NC(=O)COC2CCNCC2)no1. The summed E-state index contributed by atoms with van der Waals surface area (Å²) in [5, 5.41) is 9.54. The molecule has 1 aliphatic heterocycles. The summed E-state index contributed by atoms with van der Waals surface area (Å²) in [4.78, 5) is 11.5. The molecule has 1 aliphatic rings. The van der Waals surface area contributed by atoms with Crippen molar-refractivity contribution in [3.05, 3.63) is 11.8 Å². The number of nitrogens with one attached hydrogen (secondary N) is 2. The van der Waals surface area contributed by atoms with E-state index < -0.39 is 0 Å². The van der Waals surface area contributed by atoms with Gasteiger partial charge in [-0.25, -0.2) is 0 Å². The summed E-state index contributed by atoms with van der Waals surface area (Å²) in [6.07, 6.45) is 2.09. The molecule has 0 saturated carbocycles. The van der Waals surface area contributed by atoms with E-state index in [1.165, 1.54) is 0 Å². The zero-order valence-electron chi connectivity index (χ0n) is 9.86. The molecule has 1 saturated heterocycles. The van der Waals surface area contributed by atoms with Gasteiger partial charge < -0.3 is 19.9 Å². The average molecular weight is 239 g/mol. The number of piperidine rings is 1.